The SMILES string of the molecule is CCOC(=O)CSc1nc(Cl)nc(C)c1[N+](=O)[O-]. The highest BCUT2D eigenvalue weighted by Gasteiger charge is 2.22. The zero-order chi connectivity index (χ0) is 13.7. The molecule has 1 aromatic heterocycles. The van der Waals surface area contributed by atoms with Crippen molar-refractivity contribution < 1.29 is 14.5 Å². The Kier molecular flexibility index (Phi) is 5.29. The number of nitrogens with zero attached hydrogens (tertiary/aromatic N) is 3. The monoisotopic (exact) mass is 291 g/mol. The first-order valence-corrected chi connectivity index (χ1v) is 6.29. The lowest BCUT2D eigenvalue weighted by molar-refractivity contribution is -0.389. The van der Waals surface area contributed by atoms with E-state index in [1.807, 2.05) is 0 Å². The van der Waals surface area contributed by atoms with E-state index in [1.165, 1.54) is 6.92 Å². The molecule has 7 nitrogen and oxygen atoms in total. The first-order valence-electron chi connectivity index (χ1n) is 4.92. The van der Waals surface area contributed by atoms with Crippen LogP contribution in [0.1, 0.15) is 12.6 Å². The molecule has 18 heavy (non-hydrogen) atoms. The Bertz CT molecular complexity index is 483. The summed E-state index contributed by atoms with van der Waals surface area (Å²) in [6.07, 6.45) is 0. The van der Waals surface area contributed by atoms with Gasteiger partial charge in [0.25, 0.3) is 0 Å². The molecule has 0 saturated heterocycles. The molecule has 1 rings (SSSR count). The smallest absolute Gasteiger partial charge is 0.322 e. The Morgan fingerprint density at radius 2 is 2.22 bits per heavy atom. The molecular weight excluding hydrogens is 282 g/mol. The van der Waals surface area contributed by atoms with Crippen LogP contribution in [0.3, 0.4) is 0 Å². The van der Waals surface area contributed by atoms with Crippen molar-refractivity contribution in [1.82, 2.24) is 9.97 Å². The van der Waals surface area contributed by atoms with Gasteiger partial charge in [-0.1, -0.05) is 11.8 Å². The third-order valence-corrected chi connectivity index (χ3v) is 2.92. The minimum atomic E-state index is -0.598. The lowest BCUT2D eigenvalue weighted by atomic mass is 10.4. The number of ether oxygens (including phenoxy) is 1. The lowest BCUT2D eigenvalue weighted by Gasteiger charge is -2.04. The molecule has 0 bridgehead atoms. The van der Waals surface area contributed by atoms with Crippen LogP contribution in [0.25, 0.3) is 0 Å². The van der Waals surface area contributed by atoms with Crippen molar-refractivity contribution in [3.8, 4) is 0 Å². The van der Waals surface area contributed by atoms with E-state index in [1.54, 1.807) is 6.92 Å². The minimum Gasteiger partial charge on any atom is -0.465 e. The summed E-state index contributed by atoms with van der Waals surface area (Å²) in [6, 6.07) is 0. The number of nitro groups is 1. The summed E-state index contributed by atoms with van der Waals surface area (Å²) in [6.45, 7) is 3.39. The molecule has 0 spiro atoms. The van der Waals surface area contributed by atoms with Crippen molar-refractivity contribution in [1.29, 1.82) is 0 Å². The molecule has 98 valence electrons. The minimum absolute atomic E-state index is 0.0607. The Balaban J connectivity index is 2.93. The number of halogens is 1. The molecule has 0 unspecified atom stereocenters. The van der Waals surface area contributed by atoms with Crippen LogP contribution in [-0.2, 0) is 9.53 Å². The van der Waals surface area contributed by atoms with Crippen LogP contribution in [0.5, 0.6) is 0 Å². The number of carbonyl (C=O) groups is 1. The second-order valence-corrected chi connectivity index (χ2v) is 4.38. The van der Waals surface area contributed by atoms with Crippen molar-refractivity contribution in [3.05, 3.63) is 21.1 Å². The fraction of sp³-hybridized carbons (Fsp3) is 0.444. The van der Waals surface area contributed by atoms with Gasteiger partial charge in [0, 0.05) is 0 Å². The molecule has 0 aliphatic heterocycles. The first-order chi connectivity index (χ1) is 8.45. The number of esters is 1. The van der Waals surface area contributed by atoms with E-state index in [0.717, 1.165) is 11.8 Å². The van der Waals surface area contributed by atoms with E-state index < -0.39 is 10.9 Å². The average Bonchev–Trinajstić information content (AvgIpc) is 2.25. The molecular formula is C9H10ClN3O4S. The summed E-state index contributed by atoms with van der Waals surface area (Å²) >= 11 is 6.53. The number of aromatic nitrogens is 2. The quantitative estimate of drug-likeness (QED) is 0.204. The fourth-order valence-corrected chi connectivity index (χ4v) is 2.26. The molecule has 0 fully saturated rings. The second kappa shape index (κ2) is 6.50. The van der Waals surface area contributed by atoms with Gasteiger partial charge in [0.1, 0.15) is 5.69 Å². The van der Waals surface area contributed by atoms with E-state index in [2.05, 4.69) is 9.97 Å². The number of carbonyl (C=O) groups excluding carboxylic acids is 1. The predicted molar refractivity (Wildman–Crippen MR) is 65.8 cm³/mol. The maximum Gasteiger partial charge on any atom is 0.322 e. The van der Waals surface area contributed by atoms with Crippen LogP contribution in [0.4, 0.5) is 5.69 Å². The van der Waals surface area contributed by atoms with E-state index in [-0.39, 0.29) is 34.1 Å². The molecule has 0 amide bonds. The predicted octanol–water partition coefficient (Wildman–Crippen LogP) is 2.00. The Hall–Kier alpha value is -1.41. The van der Waals surface area contributed by atoms with Crippen LogP contribution in [0, 0.1) is 17.0 Å². The summed E-state index contributed by atoms with van der Waals surface area (Å²) in [5, 5.41) is 10.8. The van der Waals surface area contributed by atoms with Gasteiger partial charge in [0.2, 0.25) is 5.28 Å². The highest BCUT2D eigenvalue weighted by atomic mass is 35.5. The van der Waals surface area contributed by atoms with Gasteiger partial charge in [-0.2, -0.15) is 0 Å². The van der Waals surface area contributed by atoms with Gasteiger partial charge in [0.15, 0.2) is 5.03 Å². The van der Waals surface area contributed by atoms with Crippen LogP contribution >= 0.6 is 23.4 Å². The molecule has 1 heterocycles. The van der Waals surface area contributed by atoms with Gasteiger partial charge in [-0.25, -0.2) is 9.97 Å². The molecule has 0 aliphatic carbocycles. The Morgan fingerprint density at radius 1 is 1.56 bits per heavy atom. The van der Waals surface area contributed by atoms with Crippen LogP contribution in [0.2, 0.25) is 5.28 Å². The van der Waals surface area contributed by atoms with Crippen molar-refractivity contribution in [3.63, 3.8) is 0 Å². The third-order valence-electron chi connectivity index (χ3n) is 1.81. The third kappa shape index (κ3) is 3.81. The Morgan fingerprint density at radius 3 is 2.78 bits per heavy atom. The lowest BCUT2D eigenvalue weighted by Crippen LogP contribution is -2.08. The van der Waals surface area contributed by atoms with Crippen molar-refractivity contribution in [2.45, 2.75) is 18.9 Å². The van der Waals surface area contributed by atoms with E-state index in [0.29, 0.717) is 0 Å². The van der Waals surface area contributed by atoms with Gasteiger partial charge in [-0.05, 0) is 25.4 Å². The average molecular weight is 292 g/mol. The second-order valence-electron chi connectivity index (χ2n) is 3.08. The maximum absolute atomic E-state index is 11.2. The summed E-state index contributed by atoms with van der Waals surface area (Å²) < 4.78 is 4.72. The van der Waals surface area contributed by atoms with E-state index in [9.17, 15) is 14.9 Å². The molecule has 0 saturated carbocycles. The largest absolute Gasteiger partial charge is 0.465 e. The molecule has 0 aromatic carbocycles. The van der Waals surface area contributed by atoms with Gasteiger partial charge in [-0.15, -0.1) is 0 Å². The van der Waals surface area contributed by atoms with Crippen molar-refractivity contribution >= 4 is 35.0 Å². The topological polar surface area (TPSA) is 95.2 Å². The molecule has 0 radical (unpaired) electrons. The zero-order valence-electron chi connectivity index (χ0n) is 9.68. The normalized spacial score (nSPS) is 10.2. The molecule has 0 aliphatic rings. The number of rotatable bonds is 5. The standard InChI is InChI=1S/C9H10ClN3O4S/c1-3-17-6(14)4-18-8-7(13(15)16)5(2)11-9(10)12-8/h3-4H2,1-2H3. The number of aryl methyl sites for hydroxylation is 1. The van der Waals surface area contributed by atoms with Crippen LogP contribution < -0.4 is 0 Å². The maximum atomic E-state index is 11.2. The van der Waals surface area contributed by atoms with E-state index in [4.69, 9.17) is 16.3 Å². The summed E-state index contributed by atoms with van der Waals surface area (Å²) in [7, 11) is 0. The summed E-state index contributed by atoms with van der Waals surface area (Å²) in [5.74, 6) is -0.536. The zero-order valence-corrected chi connectivity index (χ0v) is 11.2. The molecule has 0 atom stereocenters. The van der Waals surface area contributed by atoms with Gasteiger partial charge in [-0.3, -0.25) is 14.9 Å². The number of hydrogen-bond donors (Lipinski definition) is 0. The first kappa shape index (κ1) is 14.7. The van der Waals surface area contributed by atoms with Gasteiger partial charge >= 0.3 is 11.7 Å². The number of hydrogen-bond acceptors (Lipinski definition) is 7. The van der Waals surface area contributed by atoms with Gasteiger partial charge < -0.3 is 4.74 Å². The van der Waals surface area contributed by atoms with E-state index >= 15 is 0 Å². The highest BCUT2D eigenvalue weighted by molar-refractivity contribution is 8.00. The van der Waals surface area contributed by atoms with Crippen molar-refractivity contribution in [2.24, 2.45) is 0 Å². The summed E-state index contributed by atoms with van der Waals surface area (Å²) in [4.78, 5) is 28.9. The highest BCUT2D eigenvalue weighted by Crippen LogP contribution is 2.30. The molecule has 0 N–H and O–H groups in total. The molecule has 9 heteroatoms. The van der Waals surface area contributed by atoms with Crippen LogP contribution in [-0.4, -0.2) is 33.2 Å². The van der Waals surface area contributed by atoms with Gasteiger partial charge in [0.05, 0.1) is 17.3 Å². The summed E-state index contributed by atoms with van der Waals surface area (Å²) in [5.41, 5.74) is -0.0833. The van der Waals surface area contributed by atoms with Crippen molar-refractivity contribution in [2.75, 3.05) is 12.4 Å². The fourth-order valence-electron chi connectivity index (χ4n) is 1.15. The Labute approximate surface area is 112 Å². The number of thioether (sulfide) groups is 1. The van der Waals surface area contributed by atoms with Crippen LogP contribution in [0.15, 0.2) is 5.03 Å². The molecule has 1 aromatic rings.